The molecule has 0 atom stereocenters. The number of furan rings is 1. The Morgan fingerprint density at radius 3 is 2.45 bits per heavy atom. The molecule has 3 aliphatic rings. The van der Waals surface area contributed by atoms with Crippen molar-refractivity contribution in [2.75, 3.05) is 26.3 Å². The zero-order valence-corrected chi connectivity index (χ0v) is 22.2. The topological polar surface area (TPSA) is 111 Å². The number of ether oxygens (including phenoxy) is 1. The number of hydrogen-bond donors (Lipinski definition) is 1. The van der Waals surface area contributed by atoms with Crippen LogP contribution in [0.5, 0.6) is 0 Å². The predicted molar refractivity (Wildman–Crippen MR) is 142 cm³/mol. The van der Waals surface area contributed by atoms with Crippen LogP contribution in [0, 0.1) is 0 Å². The van der Waals surface area contributed by atoms with Crippen molar-refractivity contribution in [2.45, 2.75) is 62.7 Å². The molecule has 9 nitrogen and oxygen atoms in total. The lowest BCUT2D eigenvalue weighted by Crippen LogP contribution is -2.42. The molecule has 2 aromatic heterocycles. The molecule has 6 rings (SSSR count). The maximum Gasteiger partial charge on any atom is 0.264 e. The molecule has 202 valence electrons. The third-order valence-corrected chi connectivity index (χ3v) is 9.85. The molecule has 1 aliphatic heterocycles. The summed E-state index contributed by atoms with van der Waals surface area (Å²) in [6, 6.07) is 7.25. The number of nitrogens with zero attached hydrogens (tertiary/aromatic N) is 2. The van der Waals surface area contributed by atoms with E-state index in [1.807, 2.05) is 21.6 Å². The molecule has 2 amide bonds. The van der Waals surface area contributed by atoms with Crippen LogP contribution in [-0.4, -0.2) is 61.3 Å². The molecule has 0 spiro atoms. The van der Waals surface area contributed by atoms with Gasteiger partial charge >= 0.3 is 0 Å². The predicted octanol–water partition coefficient (Wildman–Crippen LogP) is 4.03. The first-order chi connectivity index (χ1) is 18.4. The third-order valence-electron chi connectivity index (χ3n) is 8.03. The summed E-state index contributed by atoms with van der Waals surface area (Å²) in [6.07, 6.45) is 10.1. The highest BCUT2D eigenvalue weighted by Gasteiger charge is 2.37. The number of sulfonamides is 1. The minimum atomic E-state index is -3.68. The fourth-order valence-electron chi connectivity index (χ4n) is 5.89. The molecule has 2 aliphatic carbocycles. The molecule has 2 saturated carbocycles. The van der Waals surface area contributed by atoms with Crippen LogP contribution in [0.15, 0.2) is 41.2 Å². The van der Waals surface area contributed by atoms with Crippen LogP contribution in [0.2, 0.25) is 0 Å². The smallest absolute Gasteiger partial charge is 0.264 e. The molecule has 1 aromatic carbocycles. The number of amides is 2. The van der Waals surface area contributed by atoms with Crippen LogP contribution < -0.4 is 4.72 Å². The van der Waals surface area contributed by atoms with E-state index in [0.717, 1.165) is 47.8 Å². The van der Waals surface area contributed by atoms with Gasteiger partial charge in [0.05, 0.1) is 42.2 Å². The normalized spacial score (nSPS) is 19.1. The van der Waals surface area contributed by atoms with E-state index in [0.29, 0.717) is 45.1 Å². The zero-order valence-electron chi connectivity index (χ0n) is 21.4. The Morgan fingerprint density at radius 2 is 1.76 bits per heavy atom. The van der Waals surface area contributed by atoms with Crippen LogP contribution in [0.1, 0.15) is 66.8 Å². The fourth-order valence-corrected chi connectivity index (χ4v) is 7.19. The number of fused-ring (bicyclic) bond motifs is 1. The van der Waals surface area contributed by atoms with Gasteiger partial charge < -0.3 is 18.6 Å². The first-order valence-electron chi connectivity index (χ1n) is 13.5. The average molecular weight is 540 g/mol. The van der Waals surface area contributed by atoms with E-state index in [2.05, 4.69) is 4.72 Å². The van der Waals surface area contributed by atoms with Crippen LogP contribution in [-0.2, 0) is 26.1 Å². The Balaban J connectivity index is 1.47. The lowest BCUT2D eigenvalue weighted by atomic mass is 9.82. The number of rotatable bonds is 7. The quantitative estimate of drug-likeness (QED) is 0.485. The van der Waals surface area contributed by atoms with Gasteiger partial charge in [-0.1, -0.05) is 25.3 Å². The summed E-state index contributed by atoms with van der Waals surface area (Å²) in [6.45, 7) is 2.22. The average Bonchev–Trinajstić information content (AvgIpc) is 3.59. The van der Waals surface area contributed by atoms with E-state index in [1.54, 1.807) is 24.7 Å². The van der Waals surface area contributed by atoms with Crippen molar-refractivity contribution in [3.05, 3.63) is 47.9 Å². The van der Waals surface area contributed by atoms with Gasteiger partial charge in [0.2, 0.25) is 15.9 Å². The monoisotopic (exact) mass is 539 g/mol. The van der Waals surface area contributed by atoms with E-state index < -0.39 is 21.2 Å². The summed E-state index contributed by atoms with van der Waals surface area (Å²) >= 11 is 0. The molecule has 0 radical (unpaired) electrons. The second kappa shape index (κ2) is 10.2. The summed E-state index contributed by atoms with van der Waals surface area (Å²) in [5.74, 6) is -0.336. The molecule has 10 heteroatoms. The second-order valence-corrected chi connectivity index (χ2v) is 12.6. The zero-order chi connectivity index (χ0) is 26.3. The van der Waals surface area contributed by atoms with Gasteiger partial charge in [-0.05, 0) is 55.4 Å². The van der Waals surface area contributed by atoms with Crippen molar-refractivity contribution in [1.82, 2.24) is 14.2 Å². The van der Waals surface area contributed by atoms with Gasteiger partial charge in [-0.3, -0.25) is 9.59 Å². The van der Waals surface area contributed by atoms with Crippen molar-refractivity contribution in [2.24, 2.45) is 0 Å². The standard InChI is InChI=1S/C28H33N3O6S/c32-25(30-11-14-36-15-12-30)17-31-24-16-20(28(33)29-38(34,35)22-7-8-22)6-9-23(24)26(19-4-2-1-3-5-19)27(31)21-10-13-37-18-21/h6,9-10,13,16,18-19,22H,1-5,7-8,11-12,14-15,17H2,(H,29,33). The minimum Gasteiger partial charge on any atom is -0.472 e. The lowest BCUT2D eigenvalue weighted by molar-refractivity contribution is -0.135. The van der Waals surface area contributed by atoms with Crippen molar-refractivity contribution in [3.8, 4) is 11.3 Å². The number of aromatic nitrogens is 1. The van der Waals surface area contributed by atoms with Crippen molar-refractivity contribution in [3.63, 3.8) is 0 Å². The molecule has 3 fully saturated rings. The Kier molecular flexibility index (Phi) is 6.77. The summed E-state index contributed by atoms with van der Waals surface area (Å²) in [4.78, 5) is 28.3. The molecule has 3 heterocycles. The summed E-state index contributed by atoms with van der Waals surface area (Å²) in [5.41, 5.74) is 4.01. The maximum atomic E-state index is 13.5. The SMILES string of the molecule is O=C(NS(=O)(=O)C1CC1)c1ccc2c(C3CCCCC3)c(-c3ccoc3)n(CC(=O)N3CCOCC3)c2c1. The number of carbonyl (C=O) groups excluding carboxylic acids is 2. The number of benzene rings is 1. The molecule has 0 unspecified atom stereocenters. The first-order valence-corrected chi connectivity index (χ1v) is 15.1. The second-order valence-electron chi connectivity index (χ2n) is 10.6. The van der Waals surface area contributed by atoms with Gasteiger partial charge in [0.15, 0.2) is 0 Å². The number of morpholine rings is 1. The molecule has 1 N–H and O–H groups in total. The number of hydrogen-bond acceptors (Lipinski definition) is 6. The Morgan fingerprint density at radius 1 is 1.00 bits per heavy atom. The molecular formula is C28H33N3O6S. The molecule has 38 heavy (non-hydrogen) atoms. The van der Waals surface area contributed by atoms with Crippen molar-refractivity contribution >= 4 is 32.7 Å². The molecular weight excluding hydrogens is 506 g/mol. The Labute approximate surface area is 222 Å². The Hall–Kier alpha value is -3.11. The highest BCUT2D eigenvalue weighted by molar-refractivity contribution is 7.91. The van der Waals surface area contributed by atoms with E-state index in [-0.39, 0.29) is 18.0 Å². The fraction of sp³-hybridized carbons (Fsp3) is 0.500. The maximum absolute atomic E-state index is 13.5. The number of nitrogens with one attached hydrogen (secondary N) is 1. The van der Waals surface area contributed by atoms with E-state index >= 15 is 0 Å². The van der Waals surface area contributed by atoms with Crippen molar-refractivity contribution in [1.29, 1.82) is 0 Å². The highest BCUT2D eigenvalue weighted by atomic mass is 32.2. The van der Waals surface area contributed by atoms with Gasteiger partial charge in [-0.25, -0.2) is 13.1 Å². The highest BCUT2D eigenvalue weighted by Crippen LogP contribution is 2.44. The van der Waals surface area contributed by atoms with Crippen LogP contribution in [0.25, 0.3) is 22.2 Å². The third kappa shape index (κ3) is 4.87. The first kappa shape index (κ1) is 25.2. The Bertz CT molecular complexity index is 1440. The lowest BCUT2D eigenvalue weighted by Gasteiger charge is -2.27. The summed E-state index contributed by atoms with van der Waals surface area (Å²) < 4.78 is 40.0. The van der Waals surface area contributed by atoms with Gasteiger partial charge in [-0.2, -0.15) is 0 Å². The van der Waals surface area contributed by atoms with Crippen LogP contribution in [0.4, 0.5) is 0 Å². The largest absolute Gasteiger partial charge is 0.472 e. The van der Waals surface area contributed by atoms with Gasteiger partial charge in [0.1, 0.15) is 6.54 Å². The summed E-state index contributed by atoms with van der Waals surface area (Å²) in [7, 11) is -3.68. The van der Waals surface area contributed by atoms with Crippen LogP contribution >= 0.6 is 0 Å². The van der Waals surface area contributed by atoms with E-state index in [9.17, 15) is 18.0 Å². The van der Waals surface area contributed by atoms with Gasteiger partial charge in [0, 0.05) is 29.6 Å². The van der Waals surface area contributed by atoms with Crippen LogP contribution in [0.3, 0.4) is 0 Å². The van der Waals surface area contributed by atoms with E-state index in [4.69, 9.17) is 9.15 Å². The minimum absolute atomic E-state index is 0.0173. The molecule has 0 bridgehead atoms. The molecule has 1 saturated heterocycles. The van der Waals surface area contributed by atoms with E-state index in [1.165, 1.54) is 12.0 Å². The number of carbonyl (C=O) groups is 2. The molecule has 3 aromatic rings. The van der Waals surface area contributed by atoms with Gasteiger partial charge in [-0.15, -0.1) is 0 Å². The van der Waals surface area contributed by atoms with Crippen molar-refractivity contribution < 1.29 is 27.2 Å². The summed E-state index contributed by atoms with van der Waals surface area (Å²) in [5, 5.41) is 0.500. The van der Waals surface area contributed by atoms with Gasteiger partial charge in [0.25, 0.3) is 5.91 Å².